The van der Waals surface area contributed by atoms with E-state index in [2.05, 4.69) is 31.6 Å². The highest BCUT2D eigenvalue weighted by atomic mass is 16.4. The van der Waals surface area contributed by atoms with Crippen molar-refractivity contribution in [3.8, 4) is 0 Å². The highest BCUT2D eigenvalue weighted by Gasteiger charge is 2.42. The van der Waals surface area contributed by atoms with Crippen molar-refractivity contribution in [2.24, 2.45) is 22.6 Å². The minimum absolute atomic E-state index is 0.00191. The van der Waals surface area contributed by atoms with Crippen LogP contribution in [0.15, 0.2) is 4.99 Å². The predicted molar refractivity (Wildman–Crippen MR) is 212 cm³/mol. The zero-order valence-corrected chi connectivity index (χ0v) is 33.9. The highest BCUT2D eigenvalue weighted by molar-refractivity contribution is 6.43. The molecule has 1 aliphatic heterocycles. The largest absolute Gasteiger partial charge is 0.475 e. The van der Waals surface area contributed by atoms with Gasteiger partial charge in [-0.15, -0.1) is 0 Å². The molecule has 0 radical (unpaired) electrons. The number of hydrogen-bond donors (Lipinski definition) is 9. The Labute approximate surface area is 332 Å². The number of nitrogens with one attached hydrogen (secondary N) is 5. The number of rotatable bonds is 24. The Hall–Kier alpha value is -3.97. The second-order valence-electron chi connectivity index (χ2n) is 15.3. The number of aliphatic hydroxyl groups excluding tert-OH is 1. The topological polar surface area (TPSA) is 268 Å². The summed E-state index contributed by atoms with van der Waals surface area (Å²) < 4.78 is 0. The van der Waals surface area contributed by atoms with E-state index in [1.54, 1.807) is 25.9 Å². The molecule has 10 N–H and O–H groups in total. The number of likely N-dealkylation sites (tertiary alicyclic amines) is 1. The highest BCUT2D eigenvalue weighted by Crippen LogP contribution is 2.29. The maximum atomic E-state index is 13.1. The summed E-state index contributed by atoms with van der Waals surface area (Å²) in [5.74, 6) is -1.91. The number of guanidine groups is 1. The summed E-state index contributed by atoms with van der Waals surface area (Å²) in [7, 11) is 1.79. The number of hydrogen-bond acceptors (Lipinski definition) is 10. The standard InChI is InChI=1S/C37H68BN9O9/c1-5-40-31(49)13-7-6-8-15-33(51)45-29(12-11-21-42-37(39)46(3)4)35(53)41-20-10-9-14-32(50)43-23-26-16-18-27(19-17-26)34(52)44-25(2)36(54)47-24-28(48)22-30(47)38(55)56/h25-30,48,55-56H,5-24H2,1-4H3,(H2,39,42)(H,40,49)(H,41,53)(H,43,50)(H,44,52)(H,45,51)/t25-,26?,27?,28+,29+,30+/m1/s1. The van der Waals surface area contributed by atoms with E-state index in [1.165, 1.54) is 4.90 Å². The minimum Gasteiger partial charge on any atom is -0.426 e. The van der Waals surface area contributed by atoms with Crippen LogP contribution in [0.25, 0.3) is 0 Å². The summed E-state index contributed by atoms with van der Waals surface area (Å²) in [6.07, 6.45) is 7.00. The SMILES string of the molecule is CCNC(=O)CCCCCC(=O)N[C@@H](CCCN=C(N)N(C)C)C(=O)NCCCCC(=O)NCC1CCC(C(=O)N[C@H](C)C(=O)N2C[C@@H](O)C[C@H]2B(O)O)CC1. The maximum absolute atomic E-state index is 13.1. The van der Waals surface area contributed by atoms with Crippen molar-refractivity contribution in [1.82, 2.24) is 36.4 Å². The Morgan fingerprint density at radius 1 is 0.857 bits per heavy atom. The third-order valence-corrected chi connectivity index (χ3v) is 10.3. The molecule has 0 aromatic heterocycles. The summed E-state index contributed by atoms with van der Waals surface area (Å²) in [5, 5.41) is 43.3. The molecule has 1 heterocycles. The van der Waals surface area contributed by atoms with Gasteiger partial charge in [0, 0.05) is 72.0 Å². The van der Waals surface area contributed by atoms with E-state index in [9.17, 15) is 43.9 Å². The van der Waals surface area contributed by atoms with Gasteiger partial charge in [0.1, 0.15) is 12.1 Å². The number of nitrogens with two attached hydrogens (primary N) is 1. The van der Waals surface area contributed by atoms with Gasteiger partial charge < -0.3 is 57.3 Å². The molecule has 0 unspecified atom stereocenters. The zero-order chi connectivity index (χ0) is 41.6. The first-order valence-corrected chi connectivity index (χ1v) is 20.4. The van der Waals surface area contributed by atoms with Crippen LogP contribution in [-0.4, -0.2) is 144 Å². The number of β-amino-alcohol motifs (C(OH)–C–C–N with tert-alkyl or cyclic N) is 1. The summed E-state index contributed by atoms with van der Waals surface area (Å²) in [5.41, 5.74) is 5.86. The van der Waals surface area contributed by atoms with Gasteiger partial charge in [-0.25, -0.2) is 0 Å². The average Bonchev–Trinajstić information content (AvgIpc) is 3.56. The number of nitrogens with zero attached hydrogens (tertiary/aromatic N) is 3. The Morgan fingerprint density at radius 2 is 1.48 bits per heavy atom. The van der Waals surface area contributed by atoms with Crippen molar-refractivity contribution in [1.29, 1.82) is 0 Å². The van der Waals surface area contributed by atoms with Crippen LogP contribution in [0.3, 0.4) is 0 Å². The van der Waals surface area contributed by atoms with Gasteiger partial charge in [-0.2, -0.15) is 0 Å². The zero-order valence-electron chi connectivity index (χ0n) is 33.9. The average molecular weight is 794 g/mol. The summed E-state index contributed by atoms with van der Waals surface area (Å²) in [4.78, 5) is 82.9. The number of carbonyl (C=O) groups is 6. The molecule has 1 saturated heterocycles. The van der Waals surface area contributed by atoms with Crippen LogP contribution in [0.5, 0.6) is 0 Å². The van der Waals surface area contributed by atoms with E-state index in [0.29, 0.717) is 96.3 Å². The third-order valence-electron chi connectivity index (χ3n) is 10.3. The monoisotopic (exact) mass is 794 g/mol. The normalized spacial score (nSPS) is 20.7. The van der Waals surface area contributed by atoms with Crippen molar-refractivity contribution in [3.05, 3.63) is 0 Å². The molecule has 0 bridgehead atoms. The van der Waals surface area contributed by atoms with Crippen LogP contribution < -0.4 is 32.3 Å². The summed E-state index contributed by atoms with van der Waals surface area (Å²) in [6, 6.07) is -1.61. The van der Waals surface area contributed by atoms with E-state index >= 15 is 0 Å². The fraction of sp³-hybridized carbons (Fsp3) is 0.811. The van der Waals surface area contributed by atoms with Gasteiger partial charge in [0.15, 0.2) is 5.96 Å². The molecule has 318 valence electrons. The molecule has 1 saturated carbocycles. The van der Waals surface area contributed by atoms with Crippen molar-refractivity contribution in [2.75, 3.05) is 46.8 Å². The van der Waals surface area contributed by atoms with Crippen LogP contribution in [0, 0.1) is 11.8 Å². The van der Waals surface area contributed by atoms with Crippen molar-refractivity contribution in [2.45, 2.75) is 134 Å². The molecule has 18 nitrogen and oxygen atoms in total. The molecular formula is C37H68BN9O9. The van der Waals surface area contributed by atoms with E-state index in [0.717, 1.165) is 19.3 Å². The van der Waals surface area contributed by atoms with E-state index in [-0.39, 0.29) is 60.8 Å². The van der Waals surface area contributed by atoms with Gasteiger partial charge in [0.2, 0.25) is 35.4 Å². The lowest BCUT2D eigenvalue weighted by Crippen LogP contribution is -2.53. The van der Waals surface area contributed by atoms with Gasteiger partial charge >= 0.3 is 7.12 Å². The van der Waals surface area contributed by atoms with Gasteiger partial charge in [0.25, 0.3) is 0 Å². The number of aliphatic hydroxyl groups is 1. The maximum Gasteiger partial charge on any atom is 0.475 e. The van der Waals surface area contributed by atoms with E-state index in [4.69, 9.17) is 5.73 Å². The quantitative estimate of drug-likeness (QED) is 0.0245. The Bertz CT molecular complexity index is 1300. The molecule has 2 fully saturated rings. The molecule has 2 rings (SSSR count). The molecule has 1 aliphatic carbocycles. The molecule has 2 aliphatic rings. The first-order valence-electron chi connectivity index (χ1n) is 20.4. The lowest BCUT2D eigenvalue weighted by molar-refractivity contribution is -0.137. The van der Waals surface area contributed by atoms with E-state index in [1.807, 2.05) is 6.92 Å². The molecule has 56 heavy (non-hydrogen) atoms. The fourth-order valence-corrected chi connectivity index (χ4v) is 6.94. The van der Waals surface area contributed by atoms with Gasteiger partial charge in [-0.1, -0.05) is 6.42 Å². The number of unbranched alkanes of at least 4 members (excludes halogenated alkanes) is 3. The Balaban J connectivity index is 1.67. The molecule has 0 spiro atoms. The van der Waals surface area contributed by atoms with Crippen molar-refractivity contribution in [3.63, 3.8) is 0 Å². The summed E-state index contributed by atoms with van der Waals surface area (Å²) >= 11 is 0. The van der Waals surface area contributed by atoms with Gasteiger partial charge in [0.05, 0.1) is 12.0 Å². The molecule has 19 heteroatoms. The number of aliphatic imine (C=N–C) groups is 1. The van der Waals surface area contributed by atoms with Crippen LogP contribution in [0.2, 0.25) is 0 Å². The van der Waals surface area contributed by atoms with Crippen LogP contribution in [0.1, 0.15) is 110 Å². The second kappa shape index (κ2) is 26.0. The molecule has 0 aromatic rings. The lowest BCUT2D eigenvalue weighted by Gasteiger charge is -2.30. The predicted octanol–water partition coefficient (Wildman–Crippen LogP) is -1.10. The fourth-order valence-electron chi connectivity index (χ4n) is 6.94. The second-order valence-corrected chi connectivity index (χ2v) is 15.3. The molecule has 6 amide bonds. The number of carbonyl (C=O) groups excluding carboxylic acids is 6. The van der Waals surface area contributed by atoms with Crippen molar-refractivity contribution >= 4 is 48.5 Å². The first-order chi connectivity index (χ1) is 26.6. The first kappa shape index (κ1) is 48.2. The van der Waals surface area contributed by atoms with Gasteiger partial charge in [-0.3, -0.25) is 33.8 Å². The molecule has 4 atom stereocenters. The van der Waals surface area contributed by atoms with Crippen LogP contribution in [-0.2, 0) is 28.8 Å². The van der Waals surface area contributed by atoms with Crippen LogP contribution >= 0.6 is 0 Å². The smallest absolute Gasteiger partial charge is 0.426 e. The molecular weight excluding hydrogens is 725 g/mol. The minimum atomic E-state index is -1.78. The Morgan fingerprint density at radius 3 is 2.11 bits per heavy atom. The third kappa shape index (κ3) is 18.3. The Kier molecular flexibility index (Phi) is 22.4. The van der Waals surface area contributed by atoms with E-state index < -0.39 is 37.2 Å². The van der Waals surface area contributed by atoms with Crippen molar-refractivity contribution < 1.29 is 43.9 Å². The lowest BCUT2D eigenvalue weighted by atomic mass is 9.77. The summed E-state index contributed by atoms with van der Waals surface area (Å²) in [6.45, 7) is 5.24. The number of amides is 6. The van der Waals surface area contributed by atoms with Gasteiger partial charge in [-0.05, 0) is 90.4 Å². The van der Waals surface area contributed by atoms with Crippen LogP contribution in [0.4, 0.5) is 0 Å². The molecule has 0 aromatic carbocycles.